The van der Waals surface area contributed by atoms with Crippen LogP contribution >= 0.6 is 0 Å². The topological polar surface area (TPSA) is 86.9 Å². The van der Waals surface area contributed by atoms with Gasteiger partial charge in [0.25, 0.3) is 0 Å². The van der Waals surface area contributed by atoms with Gasteiger partial charge in [-0.15, -0.1) is 0 Å². The fraction of sp³-hybridized carbons (Fsp3) is 0.385. The number of nitrogen functional groups attached to an aromatic ring is 1. The van der Waals surface area contributed by atoms with E-state index in [1.165, 1.54) is 11.1 Å². The number of allylic oxidation sites excluding steroid dienone is 2. The molecular weight excluding hydrogens is 418 g/mol. The first kappa shape index (κ1) is 22.7. The predicted molar refractivity (Wildman–Crippen MR) is 129 cm³/mol. The molecule has 0 unspecified atom stereocenters. The number of methoxy groups -OCH3 is 2. The van der Waals surface area contributed by atoms with Gasteiger partial charge in [-0.05, 0) is 62.1 Å². The monoisotopic (exact) mass is 449 g/mol. The second-order valence-electron chi connectivity index (χ2n) is 9.21. The van der Waals surface area contributed by atoms with Crippen LogP contribution in [0, 0.1) is 0 Å². The Balaban J connectivity index is 1.60. The average molecular weight is 450 g/mol. The molecule has 33 heavy (non-hydrogen) atoms. The number of carbonyl (C=O) groups is 1. The Kier molecular flexibility index (Phi) is 6.06. The van der Waals surface area contributed by atoms with Crippen LogP contribution in [-0.4, -0.2) is 48.9 Å². The van der Waals surface area contributed by atoms with Crippen molar-refractivity contribution in [2.24, 2.45) is 0 Å². The molecule has 7 heteroatoms. The maximum Gasteiger partial charge on any atom is 0.410 e. The standard InChI is InChI=1S/C26H31N3O4/c1-26(2,3)33-25(30)29-12-10-16(11-13-29)18-7-8-21-20(18)15-19(24(27)28-21)17-6-9-22(31-4)23(14-17)32-5/h6-7,9-10,14-15H,8,11-13H2,1-5H3,(H2,27,28). The number of rotatable bonds is 4. The molecule has 0 spiro atoms. The van der Waals surface area contributed by atoms with Crippen molar-refractivity contribution in [2.75, 3.05) is 33.0 Å². The van der Waals surface area contributed by atoms with Crippen molar-refractivity contribution in [3.63, 3.8) is 0 Å². The lowest BCUT2D eigenvalue weighted by atomic mass is 9.93. The van der Waals surface area contributed by atoms with Gasteiger partial charge in [0.15, 0.2) is 11.5 Å². The van der Waals surface area contributed by atoms with Gasteiger partial charge in [0, 0.05) is 30.6 Å². The summed E-state index contributed by atoms with van der Waals surface area (Å²) in [6.07, 6.45) is 5.55. The van der Waals surface area contributed by atoms with E-state index in [2.05, 4.69) is 18.2 Å². The molecule has 0 fully saturated rings. The van der Waals surface area contributed by atoms with Crippen LogP contribution in [0.15, 0.2) is 42.0 Å². The number of anilines is 1. The zero-order valence-electron chi connectivity index (χ0n) is 19.9. The van der Waals surface area contributed by atoms with E-state index < -0.39 is 5.60 Å². The van der Waals surface area contributed by atoms with Gasteiger partial charge < -0.3 is 24.8 Å². The zero-order valence-corrected chi connectivity index (χ0v) is 19.9. The summed E-state index contributed by atoms with van der Waals surface area (Å²) in [5.41, 5.74) is 12.1. The quantitative estimate of drug-likeness (QED) is 0.718. The normalized spacial score (nSPS) is 15.5. The minimum Gasteiger partial charge on any atom is -0.493 e. The van der Waals surface area contributed by atoms with Gasteiger partial charge in [-0.3, -0.25) is 0 Å². The van der Waals surface area contributed by atoms with Crippen molar-refractivity contribution in [3.05, 3.63) is 53.2 Å². The summed E-state index contributed by atoms with van der Waals surface area (Å²) >= 11 is 0. The number of nitrogens with zero attached hydrogens (tertiary/aromatic N) is 2. The Labute approximate surface area is 194 Å². The molecule has 0 saturated heterocycles. The van der Waals surface area contributed by atoms with Crippen LogP contribution < -0.4 is 15.2 Å². The summed E-state index contributed by atoms with van der Waals surface area (Å²) in [6, 6.07) is 7.85. The smallest absolute Gasteiger partial charge is 0.410 e. The third-order valence-electron chi connectivity index (χ3n) is 5.82. The molecule has 174 valence electrons. The molecule has 0 bridgehead atoms. The zero-order chi connectivity index (χ0) is 23.8. The van der Waals surface area contributed by atoms with Gasteiger partial charge in [0.2, 0.25) is 0 Å². The number of hydrogen-bond donors (Lipinski definition) is 1. The fourth-order valence-corrected chi connectivity index (χ4v) is 4.21. The van der Waals surface area contributed by atoms with Crippen LogP contribution in [0.3, 0.4) is 0 Å². The van der Waals surface area contributed by atoms with Gasteiger partial charge in [-0.2, -0.15) is 0 Å². The Morgan fingerprint density at radius 3 is 2.45 bits per heavy atom. The molecule has 2 heterocycles. The van der Waals surface area contributed by atoms with Gasteiger partial charge in [0.05, 0.1) is 19.9 Å². The van der Waals surface area contributed by atoms with E-state index in [1.807, 2.05) is 39.0 Å². The van der Waals surface area contributed by atoms with E-state index in [4.69, 9.17) is 24.9 Å². The molecule has 1 aromatic heterocycles. The van der Waals surface area contributed by atoms with Crippen molar-refractivity contribution >= 4 is 17.5 Å². The number of amides is 1. The van der Waals surface area contributed by atoms with Crippen molar-refractivity contribution in [1.29, 1.82) is 0 Å². The first-order valence-electron chi connectivity index (χ1n) is 11.1. The Morgan fingerprint density at radius 2 is 1.82 bits per heavy atom. The van der Waals surface area contributed by atoms with Gasteiger partial charge in [-0.25, -0.2) is 9.78 Å². The van der Waals surface area contributed by atoms with E-state index in [9.17, 15) is 4.79 Å². The largest absolute Gasteiger partial charge is 0.493 e. The number of nitrogens with two attached hydrogens (primary N) is 1. The van der Waals surface area contributed by atoms with E-state index in [-0.39, 0.29) is 6.09 Å². The number of benzene rings is 1. The molecule has 7 nitrogen and oxygen atoms in total. The number of fused-ring (bicyclic) bond motifs is 1. The van der Waals surface area contributed by atoms with Crippen LogP contribution in [0.2, 0.25) is 0 Å². The van der Waals surface area contributed by atoms with Crippen molar-refractivity contribution in [2.45, 2.75) is 39.2 Å². The summed E-state index contributed by atoms with van der Waals surface area (Å²) in [6.45, 7) is 6.79. The van der Waals surface area contributed by atoms with Crippen molar-refractivity contribution in [1.82, 2.24) is 9.88 Å². The summed E-state index contributed by atoms with van der Waals surface area (Å²) in [5, 5.41) is 0. The Hall–Kier alpha value is -3.48. The van der Waals surface area contributed by atoms with Crippen molar-refractivity contribution in [3.8, 4) is 22.6 Å². The third-order valence-corrected chi connectivity index (χ3v) is 5.82. The van der Waals surface area contributed by atoms with E-state index >= 15 is 0 Å². The first-order chi connectivity index (χ1) is 15.7. The number of aromatic nitrogens is 1. The minimum atomic E-state index is -0.500. The summed E-state index contributed by atoms with van der Waals surface area (Å²) < 4.78 is 16.3. The molecular formula is C26H31N3O4. The molecule has 1 aliphatic carbocycles. The maximum absolute atomic E-state index is 12.4. The van der Waals surface area contributed by atoms with Crippen LogP contribution in [0.5, 0.6) is 11.5 Å². The predicted octanol–water partition coefficient (Wildman–Crippen LogP) is 4.85. The second-order valence-corrected chi connectivity index (χ2v) is 9.21. The van der Waals surface area contributed by atoms with E-state index in [0.717, 1.165) is 35.2 Å². The number of hydrogen-bond acceptors (Lipinski definition) is 6. The third kappa shape index (κ3) is 4.67. The summed E-state index contributed by atoms with van der Waals surface area (Å²) in [4.78, 5) is 18.8. The van der Waals surface area contributed by atoms with Crippen LogP contribution in [0.25, 0.3) is 16.7 Å². The highest BCUT2D eigenvalue weighted by atomic mass is 16.6. The van der Waals surface area contributed by atoms with Gasteiger partial charge in [0.1, 0.15) is 11.4 Å². The Morgan fingerprint density at radius 1 is 1.06 bits per heavy atom. The first-order valence-corrected chi connectivity index (χ1v) is 11.1. The molecule has 0 radical (unpaired) electrons. The van der Waals surface area contributed by atoms with Crippen molar-refractivity contribution < 1.29 is 19.0 Å². The maximum atomic E-state index is 12.4. The summed E-state index contributed by atoms with van der Waals surface area (Å²) in [7, 11) is 3.23. The minimum absolute atomic E-state index is 0.274. The highest BCUT2D eigenvalue weighted by Gasteiger charge is 2.27. The molecule has 1 amide bonds. The molecule has 1 aromatic carbocycles. The highest BCUT2D eigenvalue weighted by molar-refractivity contribution is 5.88. The number of carbonyl (C=O) groups excluding carboxylic acids is 1. The molecule has 0 saturated carbocycles. The lowest BCUT2D eigenvalue weighted by Gasteiger charge is -2.30. The molecule has 4 rings (SSSR count). The molecule has 2 aromatic rings. The van der Waals surface area contributed by atoms with Gasteiger partial charge in [-0.1, -0.05) is 18.2 Å². The number of ether oxygens (including phenoxy) is 3. The Bertz CT molecular complexity index is 1140. The van der Waals surface area contributed by atoms with Crippen LogP contribution in [-0.2, 0) is 11.2 Å². The molecule has 2 N–H and O–H groups in total. The molecule has 0 atom stereocenters. The summed E-state index contributed by atoms with van der Waals surface area (Å²) in [5.74, 6) is 1.80. The van der Waals surface area contributed by atoms with Crippen LogP contribution in [0.4, 0.5) is 10.6 Å². The molecule has 2 aliphatic rings. The van der Waals surface area contributed by atoms with Crippen LogP contribution in [0.1, 0.15) is 38.4 Å². The average Bonchev–Trinajstić information content (AvgIpc) is 3.19. The fourth-order valence-electron chi connectivity index (χ4n) is 4.21. The van der Waals surface area contributed by atoms with E-state index in [0.29, 0.717) is 30.4 Å². The lowest BCUT2D eigenvalue weighted by molar-refractivity contribution is 0.0267. The highest BCUT2D eigenvalue weighted by Crippen LogP contribution is 2.40. The van der Waals surface area contributed by atoms with E-state index in [1.54, 1.807) is 19.1 Å². The second kappa shape index (κ2) is 8.81. The lowest BCUT2D eigenvalue weighted by Crippen LogP contribution is -2.39. The number of pyridine rings is 1. The SMILES string of the molecule is COc1ccc(-c2cc3c(nc2N)CC=C3C2=CCN(C(=O)OC(C)(C)C)CC2)cc1OC. The molecule has 1 aliphatic heterocycles. The van der Waals surface area contributed by atoms with Gasteiger partial charge >= 0.3 is 6.09 Å².